The lowest BCUT2D eigenvalue weighted by Crippen LogP contribution is -2.42. The standard InChI is InChI=1S/C14H25NO/c1-3-12-8-7-11(2)9-15(10-12)14(16)13-5-4-6-13/h11-13H,3-10H2,1-2H3. The van der Waals surface area contributed by atoms with Crippen LogP contribution >= 0.6 is 0 Å². The van der Waals surface area contributed by atoms with E-state index in [1.54, 1.807) is 0 Å². The molecule has 0 aromatic carbocycles. The van der Waals surface area contributed by atoms with Crippen LogP contribution in [0.2, 0.25) is 0 Å². The van der Waals surface area contributed by atoms with Crippen molar-refractivity contribution in [2.24, 2.45) is 17.8 Å². The zero-order chi connectivity index (χ0) is 11.5. The van der Waals surface area contributed by atoms with E-state index in [4.69, 9.17) is 0 Å². The fraction of sp³-hybridized carbons (Fsp3) is 0.929. The molecule has 2 fully saturated rings. The molecule has 0 aromatic rings. The third-order valence-corrected chi connectivity index (χ3v) is 4.42. The molecule has 2 heteroatoms. The van der Waals surface area contributed by atoms with E-state index in [9.17, 15) is 4.79 Å². The summed E-state index contributed by atoms with van der Waals surface area (Å²) in [6, 6.07) is 0. The molecule has 2 rings (SSSR count). The first-order chi connectivity index (χ1) is 7.70. The molecule has 2 atom stereocenters. The minimum atomic E-state index is 0.378. The van der Waals surface area contributed by atoms with Gasteiger partial charge in [-0.15, -0.1) is 0 Å². The summed E-state index contributed by atoms with van der Waals surface area (Å²) in [6.45, 7) is 6.58. The zero-order valence-electron chi connectivity index (χ0n) is 10.7. The Morgan fingerprint density at radius 3 is 2.50 bits per heavy atom. The normalized spacial score (nSPS) is 32.0. The van der Waals surface area contributed by atoms with Gasteiger partial charge in [0.25, 0.3) is 0 Å². The van der Waals surface area contributed by atoms with Crippen molar-refractivity contribution in [1.82, 2.24) is 4.90 Å². The van der Waals surface area contributed by atoms with Crippen LogP contribution in [0, 0.1) is 17.8 Å². The number of nitrogens with zero attached hydrogens (tertiary/aromatic N) is 1. The summed E-state index contributed by atoms with van der Waals surface area (Å²) in [6.07, 6.45) is 7.37. The van der Waals surface area contributed by atoms with E-state index in [-0.39, 0.29) is 0 Å². The molecule has 16 heavy (non-hydrogen) atoms. The molecule has 2 aliphatic rings. The summed E-state index contributed by atoms with van der Waals surface area (Å²) >= 11 is 0. The monoisotopic (exact) mass is 223 g/mol. The highest BCUT2D eigenvalue weighted by Crippen LogP contribution is 2.31. The SMILES string of the molecule is CCC1CCC(C)CN(C(=O)C2CCC2)C1. The Bertz CT molecular complexity index is 247. The highest BCUT2D eigenvalue weighted by Gasteiger charge is 2.32. The summed E-state index contributed by atoms with van der Waals surface area (Å²) in [5.41, 5.74) is 0. The lowest BCUT2D eigenvalue weighted by Gasteiger charge is -2.33. The van der Waals surface area contributed by atoms with Crippen LogP contribution in [0.1, 0.15) is 52.4 Å². The van der Waals surface area contributed by atoms with Crippen molar-refractivity contribution < 1.29 is 4.79 Å². The summed E-state index contributed by atoms with van der Waals surface area (Å²) in [7, 11) is 0. The molecule has 0 radical (unpaired) electrons. The van der Waals surface area contributed by atoms with Gasteiger partial charge in [0.2, 0.25) is 5.91 Å². The Balaban J connectivity index is 1.96. The first-order valence-electron chi connectivity index (χ1n) is 6.99. The first kappa shape index (κ1) is 11.9. The van der Waals surface area contributed by atoms with Gasteiger partial charge in [-0.25, -0.2) is 0 Å². The number of hydrogen-bond acceptors (Lipinski definition) is 1. The molecule has 0 bridgehead atoms. The number of carbonyl (C=O) groups excluding carboxylic acids is 1. The highest BCUT2D eigenvalue weighted by atomic mass is 16.2. The third kappa shape index (κ3) is 2.58. The quantitative estimate of drug-likeness (QED) is 0.704. The Hall–Kier alpha value is -0.530. The maximum Gasteiger partial charge on any atom is 0.225 e. The van der Waals surface area contributed by atoms with Crippen molar-refractivity contribution >= 4 is 5.91 Å². The number of likely N-dealkylation sites (tertiary alicyclic amines) is 1. The molecule has 1 heterocycles. The van der Waals surface area contributed by atoms with Crippen molar-refractivity contribution in [3.8, 4) is 0 Å². The van der Waals surface area contributed by atoms with E-state index in [0.29, 0.717) is 17.7 Å². The van der Waals surface area contributed by atoms with Gasteiger partial charge in [0, 0.05) is 19.0 Å². The second kappa shape index (κ2) is 5.20. The Morgan fingerprint density at radius 2 is 1.94 bits per heavy atom. The molecule has 1 saturated carbocycles. The molecule has 0 aromatic heterocycles. The van der Waals surface area contributed by atoms with E-state index in [1.807, 2.05) is 0 Å². The summed E-state index contributed by atoms with van der Waals surface area (Å²) < 4.78 is 0. The van der Waals surface area contributed by atoms with Gasteiger partial charge < -0.3 is 4.90 Å². The Morgan fingerprint density at radius 1 is 1.19 bits per heavy atom. The molecule has 2 unspecified atom stereocenters. The second-order valence-electron chi connectivity index (χ2n) is 5.83. The second-order valence-corrected chi connectivity index (χ2v) is 5.83. The predicted molar refractivity (Wildman–Crippen MR) is 66.1 cm³/mol. The van der Waals surface area contributed by atoms with Crippen molar-refractivity contribution in [3.05, 3.63) is 0 Å². The van der Waals surface area contributed by atoms with Crippen LogP contribution in [0.15, 0.2) is 0 Å². The number of hydrogen-bond donors (Lipinski definition) is 0. The molecule has 0 spiro atoms. The van der Waals surface area contributed by atoms with Crippen molar-refractivity contribution in [2.75, 3.05) is 13.1 Å². The van der Waals surface area contributed by atoms with Crippen LogP contribution in [0.3, 0.4) is 0 Å². The molecule has 1 saturated heterocycles. The van der Waals surface area contributed by atoms with Crippen molar-refractivity contribution in [2.45, 2.75) is 52.4 Å². The minimum absolute atomic E-state index is 0.378. The molecule has 1 aliphatic heterocycles. The van der Waals surface area contributed by atoms with Crippen molar-refractivity contribution in [1.29, 1.82) is 0 Å². The lowest BCUT2D eigenvalue weighted by molar-refractivity contribution is -0.139. The highest BCUT2D eigenvalue weighted by molar-refractivity contribution is 5.79. The average Bonchev–Trinajstić information content (AvgIpc) is 2.37. The van der Waals surface area contributed by atoms with Crippen LogP contribution in [0.4, 0.5) is 0 Å². The molecular weight excluding hydrogens is 198 g/mol. The van der Waals surface area contributed by atoms with Crippen LogP contribution < -0.4 is 0 Å². The topological polar surface area (TPSA) is 20.3 Å². The molecule has 2 nitrogen and oxygen atoms in total. The fourth-order valence-corrected chi connectivity index (χ4v) is 2.89. The maximum absolute atomic E-state index is 12.3. The Labute approximate surface area is 99.4 Å². The fourth-order valence-electron chi connectivity index (χ4n) is 2.89. The molecule has 92 valence electrons. The van der Waals surface area contributed by atoms with Gasteiger partial charge in [0.1, 0.15) is 0 Å². The van der Waals surface area contributed by atoms with Gasteiger partial charge in [-0.05, 0) is 37.5 Å². The van der Waals surface area contributed by atoms with Crippen LogP contribution in [0.25, 0.3) is 0 Å². The Kier molecular flexibility index (Phi) is 3.88. The van der Waals surface area contributed by atoms with E-state index < -0.39 is 0 Å². The summed E-state index contributed by atoms with van der Waals surface area (Å²) in [5, 5.41) is 0. The van der Waals surface area contributed by atoms with Crippen LogP contribution in [-0.2, 0) is 4.79 Å². The van der Waals surface area contributed by atoms with Gasteiger partial charge in [0.15, 0.2) is 0 Å². The smallest absolute Gasteiger partial charge is 0.225 e. The van der Waals surface area contributed by atoms with Gasteiger partial charge in [-0.2, -0.15) is 0 Å². The van der Waals surface area contributed by atoms with Crippen LogP contribution in [-0.4, -0.2) is 23.9 Å². The minimum Gasteiger partial charge on any atom is -0.342 e. The summed E-state index contributed by atoms with van der Waals surface area (Å²) in [4.78, 5) is 14.4. The van der Waals surface area contributed by atoms with Crippen LogP contribution in [0.5, 0.6) is 0 Å². The summed E-state index contributed by atoms with van der Waals surface area (Å²) in [5.74, 6) is 2.27. The lowest BCUT2D eigenvalue weighted by atomic mass is 9.84. The largest absolute Gasteiger partial charge is 0.342 e. The average molecular weight is 223 g/mol. The van der Waals surface area contributed by atoms with E-state index >= 15 is 0 Å². The van der Waals surface area contributed by atoms with E-state index in [0.717, 1.165) is 31.8 Å². The number of rotatable bonds is 2. The van der Waals surface area contributed by atoms with Gasteiger partial charge in [-0.3, -0.25) is 4.79 Å². The molecule has 0 N–H and O–H groups in total. The predicted octanol–water partition coefficient (Wildman–Crippen LogP) is 3.07. The van der Waals surface area contributed by atoms with E-state index in [2.05, 4.69) is 18.7 Å². The van der Waals surface area contributed by atoms with Gasteiger partial charge in [0.05, 0.1) is 0 Å². The molecular formula is C14H25NO. The van der Waals surface area contributed by atoms with Gasteiger partial charge >= 0.3 is 0 Å². The van der Waals surface area contributed by atoms with Gasteiger partial charge in [-0.1, -0.05) is 26.7 Å². The number of amides is 1. The molecule has 1 amide bonds. The first-order valence-corrected chi connectivity index (χ1v) is 6.99. The van der Waals surface area contributed by atoms with E-state index in [1.165, 1.54) is 25.7 Å². The zero-order valence-corrected chi connectivity index (χ0v) is 10.7. The number of carbonyl (C=O) groups is 1. The third-order valence-electron chi connectivity index (χ3n) is 4.42. The molecule has 1 aliphatic carbocycles. The maximum atomic E-state index is 12.3. The van der Waals surface area contributed by atoms with Crippen molar-refractivity contribution in [3.63, 3.8) is 0 Å².